The zero-order valence-corrected chi connectivity index (χ0v) is 15.2. The molecule has 3 nitrogen and oxygen atoms in total. The molecular formula is C19H17N3S2. The van der Waals surface area contributed by atoms with Gasteiger partial charge in [0.05, 0.1) is 10.4 Å². The molecule has 0 amide bonds. The van der Waals surface area contributed by atoms with Crippen LogP contribution in [0.3, 0.4) is 0 Å². The SMILES string of the molecule is Cc1ccc(C)c(CSc2nccn3nc(-c4cccs4)cc23)c1. The molecule has 0 aliphatic heterocycles. The van der Waals surface area contributed by atoms with Crippen molar-refractivity contribution in [3.63, 3.8) is 0 Å². The first-order valence-corrected chi connectivity index (χ1v) is 9.64. The molecule has 0 bridgehead atoms. The van der Waals surface area contributed by atoms with E-state index in [2.05, 4.69) is 65.7 Å². The number of benzene rings is 1. The average Bonchev–Trinajstić information content (AvgIpc) is 3.24. The lowest BCUT2D eigenvalue weighted by molar-refractivity contribution is 0.921. The molecule has 0 radical (unpaired) electrons. The number of aryl methyl sites for hydroxylation is 2. The Balaban J connectivity index is 1.65. The second-order valence-electron chi connectivity index (χ2n) is 5.79. The maximum atomic E-state index is 4.68. The van der Waals surface area contributed by atoms with E-state index < -0.39 is 0 Å². The lowest BCUT2D eigenvalue weighted by atomic mass is 10.1. The van der Waals surface area contributed by atoms with Crippen LogP contribution in [0, 0.1) is 13.8 Å². The number of thiophene rings is 1. The highest BCUT2D eigenvalue weighted by molar-refractivity contribution is 7.98. The highest BCUT2D eigenvalue weighted by Crippen LogP contribution is 2.30. The van der Waals surface area contributed by atoms with Crippen molar-refractivity contribution < 1.29 is 0 Å². The first kappa shape index (κ1) is 15.4. The van der Waals surface area contributed by atoms with E-state index in [4.69, 9.17) is 0 Å². The summed E-state index contributed by atoms with van der Waals surface area (Å²) < 4.78 is 1.92. The second kappa shape index (κ2) is 6.42. The van der Waals surface area contributed by atoms with Crippen molar-refractivity contribution in [1.29, 1.82) is 0 Å². The maximum absolute atomic E-state index is 4.68. The molecule has 0 spiro atoms. The largest absolute Gasteiger partial charge is 0.246 e. The third-order valence-corrected chi connectivity index (χ3v) is 5.93. The zero-order chi connectivity index (χ0) is 16.5. The quantitative estimate of drug-likeness (QED) is 0.463. The summed E-state index contributed by atoms with van der Waals surface area (Å²) in [5.74, 6) is 0.916. The van der Waals surface area contributed by atoms with Crippen LogP contribution in [0.5, 0.6) is 0 Å². The van der Waals surface area contributed by atoms with Crippen molar-refractivity contribution in [2.45, 2.75) is 24.6 Å². The fraction of sp³-hybridized carbons (Fsp3) is 0.158. The van der Waals surface area contributed by atoms with E-state index in [1.54, 1.807) is 23.1 Å². The molecule has 3 heterocycles. The molecule has 0 saturated carbocycles. The van der Waals surface area contributed by atoms with Gasteiger partial charge in [-0.3, -0.25) is 0 Å². The lowest BCUT2D eigenvalue weighted by Gasteiger charge is -2.07. The summed E-state index contributed by atoms with van der Waals surface area (Å²) in [7, 11) is 0. The molecule has 5 heteroatoms. The molecule has 0 aliphatic carbocycles. The molecule has 24 heavy (non-hydrogen) atoms. The van der Waals surface area contributed by atoms with Crippen LogP contribution in [0.25, 0.3) is 16.1 Å². The van der Waals surface area contributed by atoms with E-state index in [1.165, 1.54) is 21.6 Å². The summed E-state index contributed by atoms with van der Waals surface area (Å²) >= 11 is 3.48. The number of thioether (sulfide) groups is 1. The minimum absolute atomic E-state index is 0.916. The minimum atomic E-state index is 0.916. The van der Waals surface area contributed by atoms with E-state index in [-0.39, 0.29) is 0 Å². The van der Waals surface area contributed by atoms with Gasteiger partial charge in [0.2, 0.25) is 0 Å². The fourth-order valence-electron chi connectivity index (χ4n) is 2.66. The molecule has 0 fully saturated rings. The van der Waals surface area contributed by atoms with Gasteiger partial charge in [-0.25, -0.2) is 9.50 Å². The molecule has 0 unspecified atom stereocenters. The molecule has 0 N–H and O–H groups in total. The Hall–Kier alpha value is -2.11. The van der Waals surface area contributed by atoms with Crippen LogP contribution in [0.15, 0.2) is 59.2 Å². The summed E-state index contributed by atoms with van der Waals surface area (Å²) in [5, 5.41) is 7.78. The Kier molecular flexibility index (Phi) is 4.12. The Bertz CT molecular complexity index is 987. The normalized spacial score (nSPS) is 11.2. The van der Waals surface area contributed by atoms with Crippen molar-refractivity contribution >= 4 is 28.6 Å². The number of nitrogens with zero attached hydrogens (tertiary/aromatic N) is 3. The molecular weight excluding hydrogens is 334 g/mol. The predicted molar refractivity (Wildman–Crippen MR) is 102 cm³/mol. The maximum Gasteiger partial charge on any atom is 0.122 e. The Morgan fingerprint density at radius 2 is 2.08 bits per heavy atom. The van der Waals surface area contributed by atoms with Gasteiger partial charge >= 0.3 is 0 Å². The van der Waals surface area contributed by atoms with Crippen LogP contribution in [0.4, 0.5) is 0 Å². The lowest BCUT2D eigenvalue weighted by Crippen LogP contribution is -1.92. The first-order valence-electron chi connectivity index (χ1n) is 7.78. The number of hydrogen-bond donors (Lipinski definition) is 0. The highest BCUT2D eigenvalue weighted by atomic mass is 32.2. The zero-order valence-electron chi connectivity index (χ0n) is 13.6. The van der Waals surface area contributed by atoms with Gasteiger partial charge in [0.25, 0.3) is 0 Å². The standard InChI is InChI=1S/C19H17N3S2/c1-13-5-6-14(2)15(10-13)12-24-19-17-11-16(18-4-3-9-23-18)21-22(17)8-7-20-19/h3-11H,12H2,1-2H3. The molecule has 1 aromatic carbocycles. The second-order valence-corrected chi connectivity index (χ2v) is 7.70. The molecule has 120 valence electrons. The number of fused-ring (bicyclic) bond motifs is 1. The van der Waals surface area contributed by atoms with Crippen molar-refractivity contribution in [2.75, 3.05) is 0 Å². The molecule has 4 rings (SSSR count). The average molecular weight is 352 g/mol. The third-order valence-electron chi connectivity index (χ3n) is 4.00. The van der Waals surface area contributed by atoms with E-state index in [0.29, 0.717) is 0 Å². The Morgan fingerprint density at radius 3 is 2.92 bits per heavy atom. The highest BCUT2D eigenvalue weighted by Gasteiger charge is 2.11. The fourth-order valence-corrected chi connectivity index (χ4v) is 4.38. The van der Waals surface area contributed by atoms with Crippen LogP contribution in [0.1, 0.15) is 16.7 Å². The van der Waals surface area contributed by atoms with Gasteiger partial charge in [-0.2, -0.15) is 5.10 Å². The number of aromatic nitrogens is 3. The number of hydrogen-bond acceptors (Lipinski definition) is 4. The monoisotopic (exact) mass is 351 g/mol. The minimum Gasteiger partial charge on any atom is -0.246 e. The Labute approximate surface area is 149 Å². The van der Waals surface area contributed by atoms with Crippen LogP contribution in [0.2, 0.25) is 0 Å². The van der Waals surface area contributed by atoms with Crippen LogP contribution in [-0.2, 0) is 5.75 Å². The molecule has 0 saturated heterocycles. The summed E-state index contributed by atoms with van der Waals surface area (Å²) in [6.07, 6.45) is 3.73. The summed E-state index contributed by atoms with van der Waals surface area (Å²) in [6.45, 7) is 4.30. The van der Waals surface area contributed by atoms with Gasteiger partial charge in [-0.15, -0.1) is 11.3 Å². The molecule has 0 atom stereocenters. The first-order chi connectivity index (χ1) is 11.7. The number of rotatable bonds is 4. The van der Waals surface area contributed by atoms with Gasteiger partial charge in [-0.1, -0.05) is 41.6 Å². The van der Waals surface area contributed by atoms with Crippen molar-refractivity contribution in [3.8, 4) is 10.6 Å². The van der Waals surface area contributed by atoms with E-state index >= 15 is 0 Å². The van der Waals surface area contributed by atoms with Crippen molar-refractivity contribution in [2.24, 2.45) is 0 Å². The molecule has 0 aliphatic rings. The summed E-state index contributed by atoms with van der Waals surface area (Å²) in [6, 6.07) is 12.9. The van der Waals surface area contributed by atoms with E-state index in [9.17, 15) is 0 Å². The van der Waals surface area contributed by atoms with Gasteiger partial charge < -0.3 is 0 Å². The van der Waals surface area contributed by atoms with Crippen LogP contribution in [-0.4, -0.2) is 14.6 Å². The van der Waals surface area contributed by atoms with Crippen molar-refractivity contribution in [3.05, 3.63) is 70.9 Å². The van der Waals surface area contributed by atoms with E-state index in [0.717, 1.165) is 22.0 Å². The van der Waals surface area contributed by atoms with Gasteiger partial charge in [0.1, 0.15) is 10.7 Å². The third kappa shape index (κ3) is 2.97. The van der Waals surface area contributed by atoms with Gasteiger partial charge in [0.15, 0.2) is 0 Å². The van der Waals surface area contributed by atoms with Gasteiger partial charge in [0, 0.05) is 18.1 Å². The van der Waals surface area contributed by atoms with Gasteiger partial charge in [-0.05, 0) is 42.5 Å². The molecule has 4 aromatic rings. The van der Waals surface area contributed by atoms with Crippen LogP contribution >= 0.6 is 23.1 Å². The molecule has 3 aromatic heterocycles. The van der Waals surface area contributed by atoms with E-state index in [1.807, 2.05) is 16.9 Å². The van der Waals surface area contributed by atoms with Crippen LogP contribution < -0.4 is 0 Å². The van der Waals surface area contributed by atoms with Crippen molar-refractivity contribution in [1.82, 2.24) is 14.6 Å². The topological polar surface area (TPSA) is 30.2 Å². The Morgan fingerprint density at radius 1 is 1.17 bits per heavy atom. The smallest absolute Gasteiger partial charge is 0.122 e. The predicted octanol–water partition coefficient (Wildman–Crippen LogP) is 5.37. The summed E-state index contributed by atoms with van der Waals surface area (Å²) in [5.41, 5.74) is 6.06. The summed E-state index contributed by atoms with van der Waals surface area (Å²) in [4.78, 5) is 5.76.